The fourth-order valence-electron chi connectivity index (χ4n) is 1.64. The lowest BCUT2D eigenvalue weighted by Crippen LogP contribution is -2.01. The van der Waals surface area contributed by atoms with Gasteiger partial charge in [-0.25, -0.2) is 4.98 Å². The second kappa shape index (κ2) is 4.35. The van der Waals surface area contributed by atoms with Crippen LogP contribution < -0.4 is 5.32 Å². The molecule has 2 heterocycles. The van der Waals surface area contributed by atoms with Gasteiger partial charge in [0.05, 0.1) is 17.6 Å². The molecule has 0 spiro atoms. The van der Waals surface area contributed by atoms with E-state index in [1.54, 1.807) is 6.20 Å². The standard InChI is InChI=1S/C12H16N4/c1-4-16-8-10(3)14-12(16)15-11-5-9(2)6-13-7-11/h5-8H,4H2,1-3H3,(H,14,15). The first-order chi connectivity index (χ1) is 7.69. The molecule has 0 aliphatic rings. The molecule has 0 bridgehead atoms. The largest absolute Gasteiger partial charge is 0.324 e. The Hall–Kier alpha value is -1.84. The van der Waals surface area contributed by atoms with Crippen molar-refractivity contribution in [2.45, 2.75) is 27.3 Å². The Balaban J connectivity index is 2.26. The van der Waals surface area contributed by atoms with Gasteiger partial charge in [-0.3, -0.25) is 4.98 Å². The van der Waals surface area contributed by atoms with Crippen molar-refractivity contribution in [1.29, 1.82) is 0 Å². The van der Waals surface area contributed by atoms with Gasteiger partial charge in [0.25, 0.3) is 0 Å². The van der Waals surface area contributed by atoms with Crippen molar-refractivity contribution < 1.29 is 0 Å². The van der Waals surface area contributed by atoms with Crippen molar-refractivity contribution in [1.82, 2.24) is 14.5 Å². The summed E-state index contributed by atoms with van der Waals surface area (Å²) in [6.45, 7) is 7.02. The van der Waals surface area contributed by atoms with Crippen LogP contribution in [0.3, 0.4) is 0 Å². The summed E-state index contributed by atoms with van der Waals surface area (Å²) in [5, 5.41) is 3.27. The Morgan fingerprint density at radius 2 is 2.12 bits per heavy atom. The summed E-state index contributed by atoms with van der Waals surface area (Å²) in [6.07, 6.45) is 5.67. The molecule has 0 aliphatic heterocycles. The SMILES string of the molecule is CCn1cc(C)nc1Nc1cncc(C)c1. The van der Waals surface area contributed by atoms with Crippen molar-refractivity contribution in [3.63, 3.8) is 0 Å². The maximum absolute atomic E-state index is 4.43. The van der Waals surface area contributed by atoms with Gasteiger partial charge in [-0.05, 0) is 32.4 Å². The van der Waals surface area contributed by atoms with Crippen LogP contribution in [-0.4, -0.2) is 14.5 Å². The molecule has 0 aromatic carbocycles. The Kier molecular flexibility index (Phi) is 2.90. The van der Waals surface area contributed by atoms with E-state index in [4.69, 9.17) is 0 Å². The molecule has 2 aromatic heterocycles. The fourth-order valence-corrected chi connectivity index (χ4v) is 1.64. The van der Waals surface area contributed by atoms with E-state index < -0.39 is 0 Å². The fraction of sp³-hybridized carbons (Fsp3) is 0.333. The lowest BCUT2D eigenvalue weighted by Gasteiger charge is -2.07. The predicted molar refractivity (Wildman–Crippen MR) is 64.9 cm³/mol. The second-order valence-electron chi connectivity index (χ2n) is 3.87. The molecular formula is C12H16N4. The van der Waals surface area contributed by atoms with Crippen LogP contribution in [0.2, 0.25) is 0 Å². The zero-order valence-electron chi connectivity index (χ0n) is 9.86. The van der Waals surface area contributed by atoms with Crippen molar-refractivity contribution in [3.05, 3.63) is 35.9 Å². The number of aromatic nitrogens is 3. The number of nitrogens with zero attached hydrogens (tertiary/aromatic N) is 3. The number of anilines is 2. The molecule has 2 aromatic rings. The van der Waals surface area contributed by atoms with E-state index in [1.165, 1.54) is 0 Å². The average molecular weight is 216 g/mol. The number of hydrogen-bond donors (Lipinski definition) is 1. The molecular weight excluding hydrogens is 200 g/mol. The van der Waals surface area contributed by atoms with Gasteiger partial charge in [0.2, 0.25) is 5.95 Å². The first kappa shape index (κ1) is 10.7. The quantitative estimate of drug-likeness (QED) is 0.857. The number of nitrogens with one attached hydrogen (secondary N) is 1. The van der Waals surface area contributed by atoms with E-state index in [9.17, 15) is 0 Å². The molecule has 0 amide bonds. The van der Waals surface area contributed by atoms with Gasteiger partial charge in [0.1, 0.15) is 0 Å². The van der Waals surface area contributed by atoms with E-state index >= 15 is 0 Å². The average Bonchev–Trinajstić information content (AvgIpc) is 2.59. The smallest absolute Gasteiger partial charge is 0.207 e. The van der Waals surface area contributed by atoms with Gasteiger partial charge in [-0.1, -0.05) is 0 Å². The first-order valence-electron chi connectivity index (χ1n) is 5.41. The third-order valence-corrected chi connectivity index (χ3v) is 2.37. The Morgan fingerprint density at radius 3 is 2.81 bits per heavy atom. The lowest BCUT2D eigenvalue weighted by molar-refractivity contribution is 0.771. The van der Waals surface area contributed by atoms with E-state index in [0.717, 1.165) is 29.4 Å². The van der Waals surface area contributed by atoms with Gasteiger partial charge in [0, 0.05) is 18.9 Å². The van der Waals surface area contributed by atoms with Gasteiger partial charge in [-0.2, -0.15) is 0 Å². The van der Waals surface area contributed by atoms with Crippen LogP contribution in [-0.2, 0) is 6.54 Å². The van der Waals surface area contributed by atoms with Crippen LogP contribution in [0.1, 0.15) is 18.2 Å². The molecule has 0 radical (unpaired) electrons. The highest BCUT2D eigenvalue weighted by Crippen LogP contribution is 2.16. The summed E-state index contributed by atoms with van der Waals surface area (Å²) in [5.74, 6) is 0.868. The Bertz CT molecular complexity index is 488. The number of imidazole rings is 1. The maximum Gasteiger partial charge on any atom is 0.207 e. The zero-order valence-corrected chi connectivity index (χ0v) is 9.86. The van der Waals surface area contributed by atoms with Crippen LogP contribution >= 0.6 is 0 Å². The second-order valence-corrected chi connectivity index (χ2v) is 3.87. The van der Waals surface area contributed by atoms with Crippen LogP contribution in [0.15, 0.2) is 24.7 Å². The summed E-state index contributed by atoms with van der Waals surface area (Å²) in [4.78, 5) is 8.57. The van der Waals surface area contributed by atoms with Crippen molar-refractivity contribution in [2.75, 3.05) is 5.32 Å². The number of aryl methyl sites for hydroxylation is 3. The molecule has 0 saturated heterocycles. The summed E-state index contributed by atoms with van der Waals surface area (Å²) >= 11 is 0. The van der Waals surface area contributed by atoms with Crippen molar-refractivity contribution >= 4 is 11.6 Å². The highest BCUT2D eigenvalue weighted by Gasteiger charge is 2.04. The highest BCUT2D eigenvalue weighted by atomic mass is 15.2. The minimum Gasteiger partial charge on any atom is -0.324 e. The third kappa shape index (κ3) is 2.21. The van der Waals surface area contributed by atoms with Crippen LogP contribution in [0.5, 0.6) is 0 Å². The van der Waals surface area contributed by atoms with Gasteiger partial charge in [-0.15, -0.1) is 0 Å². The summed E-state index contributed by atoms with van der Waals surface area (Å²) < 4.78 is 2.08. The number of rotatable bonds is 3. The highest BCUT2D eigenvalue weighted by molar-refractivity contribution is 5.53. The molecule has 0 saturated carbocycles. The summed E-state index contributed by atoms with van der Waals surface area (Å²) in [7, 11) is 0. The molecule has 2 rings (SSSR count). The van der Waals surface area contributed by atoms with Gasteiger partial charge < -0.3 is 9.88 Å². The monoisotopic (exact) mass is 216 g/mol. The first-order valence-corrected chi connectivity index (χ1v) is 5.41. The molecule has 1 N–H and O–H groups in total. The van der Waals surface area contributed by atoms with Crippen molar-refractivity contribution in [2.24, 2.45) is 0 Å². The van der Waals surface area contributed by atoms with E-state index in [0.29, 0.717) is 0 Å². The van der Waals surface area contributed by atoms with Gasteiger partial charge >= 0.3 is 0 Å². The molecule has 0 atom stereocenters. The van der Waals surface area contributed by atoms with E-state index in [-0.39, 0.29) is 0 Å². The zero-order chi connectivity index (χ0) is 11.5. The molecule has 16 heavy (non-hydrogen) atoms. The normalized spacial score (nSPS) is 10.4. The van der Waals surface area contributed by atoms with E-state index in [1.807, 2.05) is 26.2 Å². The maximum atomic E-state index is 4.43. The molecule has 84 valence electrons. The summed E-state index contributed by atoms with van der Waals surface area (Å²) in [5.41, 5.74) is 3.13. The number of hydrogen-bond acceptors (Lipinski definition) is 3. The Morgan fingerprint density at radius 1 is 1.31 bits per heavy atom. The van der Waals surface area contributed by atoms with Crippen LogP contribution in [0.25, 0.3) is 0 Å². The number of pyridine rings is 1. The minimum absolute atomic E-state index is 0.868. The lowest BCUT2D eigenvalue weighted by atomic mass is 10.3. The van der Waals surface area contributed by atoms with Gasteiger partial charge in [0.15, 0.2) is 0 Å². The Labute approximate surface area is 95.4 Å². The summed E-state index contributed by atoms with van der Waals surface area (Å²) in [6, 6.07) is 2.05. The van der Waals surface area contributed by atoms with E-state index in [2.05, 4.69) is 32.8 Å². The minimum atomic E-state index is 0.868. The van der Waals surface area contributed by atoms with Crippen LogP contribution in [0.4, 0.5) is 11.6 Å². The molecule has 0 aliphatic carbocycles. The molecule has 0 fully saturated rings. The molecule has 4 heteroatoms. The van der Waals surface area contributed by atoms with Crippen molar-refractivity contribution in [3.8, 4) is 0 Å². The third-order valence-electron chi connectivity index (χ3n) is 2.37. The molecule has 4 nitrogen and oxygen atoms in total. The van der Waals surface area contributed by atoms with Crippen LogP contribution in [0, 0.1) is 13.8 Å². The molecule has 0 unspecified atom stereocenters. The topological polar surface area (TPSA) is 42.7 Å². The predicted octanol–water partition coefficient (Wildman–Crippen LogP) is 2.66.